The first-order chi connectivity index (χ1) is 12.9. The number of carbonyl (C=O) groups excluding carboxylic acids is 1. The average Bonchev–Trinajstić information content (AvgIpc) is 3.07. The fraction of sp³-hybridized carbons (Fsp3) is 0.350. The number of carbonyl (C=O) groups is 1. The zero-order valence-electron chi connectivity index (χ0n) is 16.0. The molecule has 0 saturated carbocycles. The summed E-state index contributed by atoms with van der Waals surface area (Å²) in [4.78, 5) is 13.0. The minimum atomic E-state index is -0.256. The Balaban J connectivity index is 1.84. The first-order valence-corrected chi connectivity index (χ1v) is 9.72. The van der Waals surface area contributed by atoms with Gasteiger partial charge >= 0.3 is 0 Å². The summed E-state index contributed by atoms with van der Waals surface area (Å²) < 4.78 is 5.68. The molecule has 2 aromatic carbocycles. The van der Waals surface area contributed by atoms with Crippen molar-refractivity contribution in [3.8, 4) is 5.75 Å². The van der Waals surface area contributed by atoms with Crippen LogP contribution in [0.3, 0.4) is 0 Å². The van der Waals surface area contributed by atoms with E-state index in [1.807, 2.05) is 43.3 Å². The van der Waals surface area contributed by atoms with Crippen LogP contribution in [0.25, 0.3) is 10.8 Å². The Hall–Kier alpha value is -2.67. The van der Waals surface area contributed by atoms with Gasteiger partial charge in [0.15, 0.2) is 0 Å². The lowest BCUT2D eigenvalue weighted by atomic mass is 9.97. The summed E-state index contributed by atoms with van der Waals surface area (Å²) in [5, 5.41) is 17.2. The third-order valence-corrected chi connectivity index (χ3v) is 4.63. The highest BCUT2D eigenvalue weighted by atomic mass is 32.1. The van der Waals surface area contributed by atoms with Crippen molar-refractivity contribution < 1.29 is 9.53 Å². The van der Waals surface area contributed by atoms with Crippen LogP contribution in [0.5, 0.6) is 5.75 Å². The van der Waals surface area contributed by atoms with Gasteiger partial charge in [-0.15, -0.1) is 10.2 Å². The van der Waals surface area contributed by atoms with E-state index in [0.29, 0.717) is 28.2 Å². The molecule has 3 rings (SSSR count). The van der Waals surface area contributed by atoms with Gasteiger partial charge in [-0.25, -0.2) is 0 Å². The van der Waals surface area contributed by atoms with Crippen molar-refractivity contribution in [2.45, 2.75) is 27.7 Å². The number of hydrogen-bond donors (Lipinski definition) is 2. The third kappa shape index (κ3) is 4.74. The third-order valence-electron chi connectivity index (χ3n) is 3.83. The van der Waals surface area contributed by atoms with Gasteiger partial charge in [0.25, 0.3) is 5.91 Å². The first-order valence-electron chi connectivity index (χ1n) is 8.90. The van der Waals surface area contributed by atoms with E-state index in [1.54, 1.807) is 0 Å². The largest absolute Gasteiger partial charge is 0.493 e. The molecule has 0 atom stereocenters. The topological polar surface area (TPSA) is 76.1 Å². The molecule has 0 radical (unpaired) electrons. The Morgan fingerprint density at radius 3 is 2.59 bits per heavy atom. The summed E-state index contributed by atoms with van der Waals surface area (Å²) in [5.41, 5.74) is 0.638. The maximum Gasteiger partial charge on any atom is 0.261 e. The van der Waals surface area contributed by atoms with Gasteiger partial charge in [0.05, 0.1) is 12.2 Å². The molecule has 0 spiro atoms. The number of aromatic nitrogens is 2. The molecule has 0 bridgehead atoms. The molecule has 2 N–H and O–H groups in total. The molecular formula is C20H24N4O2S. The number of fused-ring (bicyclic) bond motifs is 1. The van der Waals surface area contributed by atoms with E-state index in [1.165, 1.54) is 11.3 Å². The minimum absolute atomic E-state index is 0.129. The van der Waals surface area contributed by atoms with Crippen LogP contribution in [-0.4, -0.2) is 29.3 Å². The van der Waals surface area contributed by atoms with Gasteiger partial charge in [-0.2, -0.15) is 0 Å². The molecule has 142 valence electrons. The lowest BCUT2D eigenvalue weighted by Crippen LogP contribution is -2.18. The van der Waals surface area contributed by atoms with Crippen molar-refractivity contribution in [1.29, 1.82) is 0 Å². The van der Waals surface area contributed by atoms with Gasteiger partial charge in [-0.05, 0) is 29.2 Å². The van der Waals surface area contributed by atoms with Crippen LogP contribution in [0.1, 0.15) is 38.1 Å². The summed E-state index contributed by atoms with van der Waals surface area (Å²) in [6.45, 7) is 9.57. The maximum atomic E-state index is 13.0. The number of ether oxygens (including phenoxy) is 1. The molecule has 0 fully saturated rings. The van der Waals surface area contributed by atoms with Crippen LogP contribution in [-0.2, 0) is 0 Å². The highest BCUT2D eigenvalue weighted by Gasteiger charge is 2.19. The average molecular weight is 385 g/mol. The SMILES string of the molecule is CCOc1ccc2ccccc2c1C(=O)Nc1nnc(NCC(C)(C)C)s1. The molecule has 0 aliphatic heterocycles. The smallest absolute Gasteiger partial charge is 0.261 e. The van der Waals surface area contributed by atoms with Crippen molar-refractivity contribution in [2.75, 3.05) is 23.8 Å². The lowest BCUT2D eigenvalue weighted by Gasteiger charge is -2.17. The number of hydrogen-bond acceptors (Lipinski definition) is 6. The summed E-state index contributed by atoms with van der Waals surface area (Å²) >= 11 is 1.32. The normalized spacial score (nSPS) is 11.4. The zero-order chi connectivity index (χ0) is 19.4. The van der Waals surface area contributed by atoms with E-state index in [4.69, 9.17) is 4.74 Å². The molecule has 0 aliphatic rings. The van der Waals surface area contributed by atoms with Crippen LogP contribution >= 0.6 is 11.3 Å². The summed E-state index contributed by atoms with van der Waals surface area (Å²) in [6, 6.07) is 11.5. The van der Waals surface area contributed by atoms with Gasteiger partial charge in [-0.1, -0.05) is 62.4 Å². The second-order valence-corrected chi connectivity index (χ2v) is 8.35. The molecule has 6 nitrogen and oxygen atoms in total. The number of nitrogens with one attached hydrogen (secondary N) is 2. The lowest BCUT2D eigenvalue weighted by molar-refractivity contribution is 0.102. The monoisotopic (exact) mass is 384 g/mol. The summed E-state index contributed by atoms with van der Waals surface area (Å²) in [6.07, 6.45) is 0. The van der Waals surface area contributed by atoms with Crippen molar-refractivity contribution in [2.24, 2.45) is 5.41 Å². The summed E-state index contributed by atoms with van der Waals surface area (Å²) in [5.74, 6) is 0.304. The van der Waals surface area contributed by atoms with Crippen LogP contribution in [0.15, 0.2) is 36.4 Å². The van der Waals surface area contributed by atoms with E-state index in [2.05, 4.69) is 41.6 Å². The molecule has 1 amide bonds. The maximum absolute atomic E-state index is 13.0. The van der Waals surface area contributed by atoms with E-state index in [9.17, 15) is 4.79 Å². The molecular weight excluding hydrogens is 360 g/mol. The molecule has 0 unspecified atom stereocenters. The van der Waals surface area contributed by atoms with Crippen LogP contribution < -0.4 is 15.4 Å². The second kappa shape index (κ2) is 7.92. The van der Waals surface area contributed by atoms with E-state index in [-0.39, 0.29) is 11.3 Å². The molecule has 27 heavy (non-hydrogen) atoms. The van der Waals surface area contributed by atoms with Gasteiger partial charge in [0, 0.05) is 6.54 Å². The predicted octanol–water partition coefficient (Wildman–Crippen LogP) is 4.80. The fourth-order valence-electron chi connectivity index (χ4n) is 2.61. The van der Waals surface area contributed by atoms with Crippen molar-refractivity contribution in [3.63, 3.8) is 0 Å². The summed E-state index contributed by atoms with van der Waals surface area (Å²) in [7, 11) is 0. The Morgan fingerprint density at radius 2 is 1.85 bits per heavy atom. The molecule has 0 aliphatic carbocycles. The van der Waals surface area contributed by atoms with Crippen molar-refractivity contribution in [1.82, 2.24) is 10.2 Å². The Labute approximate surface area is 163 Å². The number of nitrogens with zero attached hydrogens (tertiary/aromatic N) is 2. The second-order valence-electron chi connectivity index (χ2n) is 7.37. The standard InChI is InChI=1S/C20H24N4O2S/c1-5-26-15-11-10-13-8-6-7-9-14(13)16(15)17(25)22-19-24-23-18(27-19)21-12-20(2,3)4/h6-11H,5,12H2,1-4H3,(H,21,23)(H,22,24,25). The number of amides is 1. The Morgan fingerprint density at radius 1 is 1.11 bits per heavy atom. The Bertz CT molecular complexity index is 947. The highest BCUT2D eigenvalue weighted by Crippen LogP contribution is 2.30. The van der Waals surface area contributed by atoms with Crippen LogP contribution in [0.4, 0.5) is 10.3 Å². The van der Waals surface area contributed by atoms with E-state index >= 15 is 0 Å². The molecule has 0 saturated heterocycles. The number of rotatable bonds is 6. The highest BCUT2D eigenvalue weighted by molar-refractivity contribution is 7.19. The number of benzene rings is 2. The molecule has 1 heterocycles. The van der Waals surface area contributed by atoms with Crippen LogP contribution in [0, 0.1) is 5.41 Å². The van der Waals surface area contributed by atoms with Gasteiger partial charge in [-0.3, -0.25) is 10.1 Å². The van der Waals surface area contributed by atoms with E-state index in [0.717, 1.165) is 17.3 Å². The van der Waals surface area contributed by atoms with Crippen molar-refractivity contribution >= 4 is 38.3 Å². The first kappa shape index (κ1) is 19.1. The minimum Gasteiger partial charge on any atom is -0.493 e. The number of anilines is 2. The van der Waals surface area contributed by atoms with Crippen LogP contribution in [0.2, 0.25) is 0 Å². The molecule has 1 aromatic heterocycles. The van der Waals surface area contributed by atoms with E-state index < -0.39 is 0 Å². The predicted molar refractivity (Wildman–Crippen MR) is 111 cm³/mol. The van der Waals surface area contributed by atoms with Crippen molar-refractivity contribution in [3.05, 3.63) is 42.0 Å². The van der Waals surface area contributed by atoms with Gasteiger partial charge in [0.2, 0.25) is 10.3 Å². The Kier molecular flexibility index (Phi) is 5.60. The van der Waals surface area contributed by atoms with Gasteiger partial charge < -0.3 is 10.1 Å². The fourth-order valence-corrected chi connectivity index (χ4v) is 3.24. The quantitative estimate of drug-likeness (QED) is 0.638. The molecule has 3 aromatic rings. The zero-order valence-corrected chi connectivity index (χ0v) is 16.8. The molecule has 7 heteroatoms. The van der Waals surface area contributed by atoms with Gasteiger partial charge in [0.1, 0.15) is 5.75 Å².